The summed E-state index contributed by atoms with van der Waals surface area (Å²) in [6, 6.07) is 0. The molecule has 0 aromatic carbocycles. The van der Waals surface area contributed by atoms with Crippen molar-refractivity contribution < 1.29 is 0 Å². The van der Waals surface area contributed by atoms with Crippen molar-refractivity contribution in [1.82, 2.24) is 0 Å². The summed E-state index contributed by atoms with van der Waals surface area (Å²) < 4.78 is 0. The van der Waals surface area contributed by atoms with E-state index in [1.807, 2.05) is 0 Å². The van der Waals surface area contributed by atoms with Gasteiger partial charge in [-0.15, -0.1) is 8.58 Å². The van der Waals surface area contributed by atoms with Crippen molar-refractivity contribution in [3.63, 3.8) is 0 Å². The Morgan fingerprint density at radius 3 is 2.57 bits per heavy atom. The molecule has 0 aromatic heterocycles. The molecule has 132 valence electrons. The lowest BCUT2D eigenvalue weighted by atomic mass is 9.47. The van der Waals surface area contributed by atoms with E-state index in [1.165, 1.54) is 34.3 Å². The van der Waals surface area contributed by atoms with Gasteiger partial charge in [0, 0.05) is 0 Å². The van der Waals surface area contributed by atoms with E-state index in [2.05, 4.69) is 20.5 Å². The summed E-state index contributed by atoms with van der Waals surface area (Å²) in [5.74, 6) is 5.48. The SMILES string of the molecule is CCCC1CCC2C3CCC4CCCCC4(C)C3CCC12PC. The molecule has 0 heterocycles. The van der Waals surface area contributed by atoms with Crippen molar-refractivity contribution in [1.29, 1.82) is 0 Å². The fourth-order valence-corrected chi connectivity index (χ4v) is 10.2. The summed E-state index contributed by atoms with van der Waals surface area (Å²) in [6.45, 7) is 7.71. The molecule has 4 aliphatic rings. The van der Waals surface area contributed by atoms with Gasteiger partial charge in [0.2, 0.25) is 0 Å². The van der Waals surface area contributed by atoms with Crippen LogP contribution in [0.3, 0.4) is 0 Å². The van der Waals surface area contributed by atoms with Crippen LogP contribution in [0, 0.1) is 35.0 Å². The third-order valence-corrected chi connectivity index (χ3v) is 11.3. The first-order valence-corrected chi connectivity index (χ1v) is 12.3. The van der Waals surface area contributed by atoms with E-state index in [-0.39, 0.29) is 0 Å². The van der Waals surface area contributed by atoms with E-state index in [0.717, 1.165) is 40.2 Å². The van der Waals surface area contributed by atoms with Gasteiger partial charge in [0.15, 0.2) is 0 Å². The van der Waals surface area contributed by atoms with Crippen LogP contribution in [-0.2, 0) is 0 Å². The molecule has 1 heteroatoms. The number of rotatable bonds is 3. The fourth-order valence-electron chi connectivity index (χ4n) is 8.35. The average Bonchev–Trinajstić information content (AvgIpc) is 2.94. The van der Waals surface area contributed by atoms with E-state index < -0.39 is 0 Å². The first-order valence-electron chi connectivity index (χ1n) is 10.8. The Balaban J connectivity index is 1.61. The van der Waals surface area contributed by atoms with Gasteiger partial charge in [-0.1, -0.05) is 33.1 Å². The highest BCUT2D eigenvalue weighted by Gasteiger charge is 2.60. The van der Waals surface area contributed by atoms with Crippen LogP contribution in [0.15, 0.2) is 0 Å². The Bertz CT molecular complexity index is 432. The van der Waals surface area contributed by atoms with Gasteiger partial charge in [-0.2, -0.15) is 0 Å². The molecule has 0 radical (unpaired) electrons. The summed E-state index contributed by atoms with van der Waals surface area (Å²) in [7, 11) is 1.21. The molecule has 23 heavy (non-hydrogen) atoms. The van der Waals surface area contributed by atoms with Crippen LogP contribution in [0.1, 0.15) is 90.9 Å². The molecular formula is C22H39P. The highest BCUT2D eigenvalue weighted by Crippen LogP contribution is 2.68. The topological polar surface area (TPSA) is 0 Å². The maximum absolute atomic E-state index is 2.73. The summed E-state index contributed by atoms with van der Waals surface area (Å²) in [4.78, 5) is 0. The molecule has 0 aliphatic heterocycles. The molecule has 4 saturated carbocycles. The molecule has 4 rings (SSSR count). The number of fused-ring (bicyclic) bond motifs is 5. The molecular weight excluding hydrogens is 295 g/mol. The summed E-state index contributed by atoms with van der Waals surface area (Å²) in [6.07, 6.45) is 18.6. The highest BCUT2D eigenvalue weighted by atomic mass is 31.1. The van der Waals surface area contributed by atoms with E-state index in [9.17, 15) is 0 Å². The van der Waals surface area contributed by atoms with E-state index in [0.29, 0.717) is 0 Å². The summed E-state index contributed by atoms with van der Waals surface area (Å²) >= 11 is 0. The standard InChI is InChI=1S/C22H39P/c1-4-7-17-10-12-20-18-11-9-16-8-5-6-14-21(16,2)19(18)13-15-22(17,20)23-3/h16-20,23H,4-15H2,1-3H3. The van der Waals surface area contributed by atoms with Gasteiger partial charge in [0.05, 0.1) is 0 Å². The Kier molecular flexibility index (Phi) is 4.62. The molecule has 0 amide bonds. The van der Waals surface area contributed by atoms with Crippen molar-refractivity contribution in [2.24, 2.45) is 35.0 Å². The van der Waals surface area contributed by atoms with Crippen molar-refractivity contribution in [2.45, 2.75) is 96.1 Å². The van der Waals surface area contributed by atoms with E-state index in [1.54, 1.807) is 51.4 Å². The maximum atomic E-state index is 2.73. The molecule has 8 atom stereocenters. The van der Waals surface area contributed by atoms with Crippen molar-refractivity contribution in [2.75, 3.05) is 6.66 Å². The fraction of sp³-hybridized carbons (Fsp3) is 1.00. The van der Waals surface area contributed by atoms with Crippen LogP contribution in [0.25, 0.3) is 0 Å². The van der Waals surface area contributed by atoms with Gasteiger partial charge in [-0.3, -0.25) is 0 Å². The number of hydrogen-bond acceptors (Lipinski definition) is 0. The maximum Gasteiger partial charge on any atom is -0.00651 e. The second kappa shape index (κ2) is 6.30. The van der Waals surface area contributed by atoms with E-state index in [4.69, 9.17) is 0 Å². The molecule has 0 N–H and O–H groups in total. The zero-order valence-corrected chi connectivity index (χ0v) is 16.9. The van der Waals surface area contributed by atoms with Gasteiger partial charge in [0.25, 0.3) is 0 Å². The molecule has 4 aliphatic carbocycles. The molecule has 8 unspecified atom stereocenters. The Morgan fingerprint density at radius 1 is 0.913 bits per heavy atom. The van der Waals surface area contributed by atoms with Gasteiger partial charge in [0.1, 0.15) is 0 Å². The van der Waals surface area contributed by atoms with Crippen LogP contribution < -0.4 is 0 Å². The Morgan fingerprint density at radius 2 is 1.78 bits per heavy atom. The zero-order chi connectivity index (χ0) is 16.1. The first kappa shape index (κ1) is 16.9. The second-order valence-corrected chi connectivity index (χ2v) is 11.2. The minimum absolute atomic E-state index is 0.729. The minimum Gasteiger partial charge on any atom is -0.118 e. The van der Waals surface area contributed by atoms with Gasteiger partial charge >= 0.3 is 0 Å². The summed E-state index contributed by atoms with van der Waals surface area (Å²) in [5.41, 5.74) is 0.729. The van der Waals surface area contributed by atoms with E-state index >= 15 is 0 Å². The molecule has 0 aromatic rings. The van der Waals surface area contributed by atoms with Crippen LogP contribution in [0.4, 0.5) is 0 Å². The van der Waals surface area contributed by atoms with Crippen molar-refractivity contribution in [3.8, 4) is 0 Å². The van der Waals surface area contributed by atoms with Crippen molar-refractivity contribution >= 4 is 8.58 Å². The van der Waals surface area contributed by atoms with Gasteiger partial charge in [-0.05, 0) is 105 Å². The van der Waals surface area contributed by atoms with Gasteiger partial charge in [-0.25, -0.2) is 0 Å². The Labute approximate surface area is 146 Å². The lowest BCUT2D eigenvalue weighted by molar-refractivity contribution is -0.0814. The van der Waals surface area contributed by atoms with Crippen LogP contribution in [-0.4, -0.2) is 11.8 Å². The second-order valence-electron chi connectivity index (χ2n) is 9.79. The van der Waals surface area contributed by atoms with Gasteiger partial charge < -0.3 is 0 Å². The predicted octanol–water partition coefficient (Wildman–Crippen LogP) is 6.88. The number of hydrogen-bond donors (Lipinski definition) is 0. The van der Waals surface area contributed by atoms with Crippen molar-refractivity contribution in [3.05, 3.63) is 0 Å². The lowest BCUT2D eigenvalue weighted by Gasteiger charge is -2.61. The minimum atomic E-state index is 0.729. The van der Waals surface area contributed by atoms with Crippen LogP contribution >= 0.6 is 8.58 Å². The molecule has 0 nitrogen and oxygen atoms in total. The predicted molar refractivity (Wildman–Crippen MR) is 104 cm³/mol. The molecule has 0 spiro atoms. The quantitative estimate of drug-likeness (QED) is 0.494. The third-order valence-electron chi connectivity index (χ3n) is 9.37. The van der Waals surface area contributed by atoms with Crippen LogP contribution in [0.2, 0.25) is 0 Å². The largest absolute Gasteiger partial charge is 0.118 e. The zero-order valence-electron chi connectivity index (χ0n) is 15.9. The molecule has 0 bridgehead atoms. The Hall–Kier alpha value is 0.430. The first-order chi connectivity index (χ1) is 11.2. The third kappa shape index (κ3) is 2.40. The summed E-state index contributed by atoms with van der Waals surface area (Å²) in [5, 5.41) is 0.787. The van der Waals surface area contributed by atoms with Crippen LogP contribution in [0.5, 0.6) is 0 Å². The molecule has 4 fully saturated rings. The average molecular weight is 335 g/mol. The molecule has 0 saturated heterocycles. The monoisotopic (exact) mass is 334 g/mol. The highest BCUT2D eigenvalue weighted by molar-refractivity contribution is 7.39. The lowest BCUT2D eigenvalue weighted by Crippen LogP contribution is -2.54. The normalized spacial score (nSPS) is 53.1. The smallest absolute Gasteiger partial charge is 0.00651 e.